The number of carboxylic acids is 1. The topological polar surface area (TPSA) is 78.4 Å². The third-order valence-corrected chi connectivity index (χ3v) is 3.27. The zero-order valence-electron chi connectivity index (χ0n) is 12.6. The van der Waals surface area contributed by atoms with Gasteiger partial charge < -0.3 is 15.7 Å². The number of aryl methyl sites for hydroxylation is 1. The van der Waals surface area contributed by atoms with Crippen LogP contribution in [-0.2, 0) is 11.2 Å². The van der Waals surface area contributed by atoms with Crippen molar-refractivity contribution in [2.45, 2.75) is 51.6 Å². The largest absolute Gasteiger partial charge is 0.480 e. The molecule has 116 valence electrons. The molecule has 2 amide bonds. The Bertz CT molecular complexity index is 448. The third kappa shape index (κ3) is 6.79. The van der Waals surface area contributed by atoms with Crippen LogP contribution in [0.5, 0.6) is 0 Å². The summed E-state index contributed by atoms with van der Waals surface area (Å²) in [5, 5.41) is 14.3. The average molecular weight is 292 g/mol. The fraction of sp³-hybridized carbons (Fsp3) is 0.500. The fourth-order valence-corrected chi connectivity index (χ4v) is 2.07. The van der Waals surface area contributed by atoms with Gasteiger partial charge in [-0.2, -0.15) is 0 Å². The van der Waals surface area contributed by atoms with Crippen molar-refractivity contribution < 1.29 is 14.7 Å². The molecule has 0 spiro atoms. The minimum absolute atomic E-state index is 0.0127. The Morgan fingerprint density at radius 3 is 2.38 bits per heavy atom. The van der Waals surface area contributed by atoms with E-state index in [1.54, 1.807) is 0 Å². The minimum atomic E-state index is -0.996. The lowest BCUT2D eigenvalue weighted by Crippen LogP contribution is -2.48. The van der Waals surface area contributed by atoms with E-state index in [4.69, 9.17) is 5.11 Å². The molecule has 1 aromatic rings. The van der Waals surface area contributed by atoms with E-state index in [1.807, 2.05) is 32.0 Å². The first kappa shape index (κ1) is 17.0. The van der Waals surface area contributed by atoms with Crippen LogP contribution in [0, 0.1) is 0 Å². The number of amides is 2. The molecule has 21 heavy (non-hydrogen) atoms. The van der Waals surface area contributed by atoms with Crippen LogP contribution in [0.2, 0.25) is 0 Å². The molecule has 0 aliphatic heterocycles. The standard InChI is InChI=1S/C16H24N2O3/c1-3-7-14(15(19)20)18-16(21)17-12(2)10-11-13-8-5-4-6-9-13/h4-6,8-9,12,14H,3,7,10-11H2,1-2H3,(H,19,20)(H2,17,18,21)/t12?,14-/m0/s1. The van der Waals surface area contributed by atoms with E-state index in [-0.39, 0.29) is 6.04 Å². The van der Waals surface area contributed by atoms with E-state index in [0.29, 0.717) is 12.8 Å². The van der Waals surface area contributed by atoms with Gasteiger partial charge in [-0.3, -0.25) is 0 Å². The van der Waals surface area contributed by atoms with Gasteiger partial charge >= 0.3 is 12.0 Å². The van der Waals surface area contributed by atoms with E-state index in [1.165, 1.54) is 5.56 Å². The summed E-state index contributed by atoms with van der Waals surface area (Å²) in [6.07, 6.45) is 2.82. The number of aliphatic carboxylic acids is 1. The first-order valence-electron chi connectivity index (χ1n) is 7.36. The van der Waals surface area contributed by atoms with Crippen LogP contribution in [0.25, 0.3) is 0 Å². The molecular weight excluding hydrogens is 268 g/mol. The lowest BCUT2D eigenvalue weighted by atomic mass is 10.1. The maximum absolute atomic E-state index is 11.8. The smallest absolute Gasteiger partial charge is 0.326 e. The number of urea groups is 1. The Morgan fingerprint density at radius 2 is 1.81 bits per heavy atom. The van der Waals surface area contributed by atoms with Gasteiger partial charge in [-0.25, -0.2) is 9.59 Å². The molecule has 5 heteroatoms. The van der Waals surface area contributed by atoms with Gasteiger partial charge in [0.1, 0.15) is 6.04 Å². The zero-order chi connectivity index (χ0) is 15.7. The van der Waals surface area contributed by atoms with Crippen LogP contribution in [0.3, 0.4) is 0 Å². The molecule has 0 saturated carbocycles. The van der Waals surface area contributed by atoms with Gasteiger partial charge in [0.25, 0.3) is 0 Å². The molecule has 0 aromatic heterocycles. The zero-order valence-corrected chi connectivity index (χ0v) is 12.6. The van der Waals surface area contributed by atoms with Crippen LogP contribution in [0.4, 0.5) is 4.79 Å². The average Bonchev–Trinajstić information content (AvgIpc) is 2.45. The summed E-state index contributed by atoms with van der Waals surface area (Å²) in [6.45, 7) is 3.80. The number of hydrogen-bond donors (Lipinski definition) is 3. The van der Waals surface area contributed by atoms with Crippen LogP contribution in [0.1, 0.15) is 38.7 Å². The summed E-state index contributed by atoms with van der Waals surface area (Å²) >= 11 is 0. The van der Waals surface area contributed by atoms with Gasteiger partial charge in [-0.15, -0.1) is 0 Å². The third-order valence-electron chi connectivity index (χ3n) is 3.27. The first-order valence-corrected chi connectivity index (χ1v) is 7.36. The van der Waals surface area contributed by atoms with E-state index >= 15 is 0 Å². The van der Waals surface area contributed by atoms with Gasteiger partial charge in [0.2, 0.25) is 0 Å². The van der Waals surface area contributed by atoms with Crippen molar-refractivity contribution in [3.63, 3.8) is 0 Å². The van der Waals surface area contributed by atoms with Crippen molar-refractivity contribution in [1.82, 2.24) is 10.6 Å². The molecule has 1 rings (SSSR count). The summed E-state index contributed by atoms with van der Waals surface area (Å²) in [7, 11) is 0. The highest BCUT2D eigenvalue weighted by Crippen LogP contribution is 2.05. The molecule has 0 aliphatic rings. The Balaban J connectivity index is 2.34. The molecule has 0 radical (unpaired) electrons. The van der Waals surface area contributed by atoms with Gasteiger partial charge in [0.15, 0.2) is 0 Å². The number of rotatable bonds is 8. The molecule has 0 saturated heterocycles. The van der Waals surface area contributed by atoms with E-state index in [0.717, 1.165) is 12.8 Å². The quantitative estimate of drug-likeness (QED) is 0.689. The molecule has 1 unspecified atom stereocenters. The van der Waals surface area contributed by atoms with Crippen molar-refractivity contribution in [3.8, 4) is 0 Å². The molecule has 0 heterocycles. The highest BCUT2D eigenvalue weighted by Gasteiger charge is 2.19. The Hall–Kier alpha value is -2.04. The number of nitrogens with one attached hydrogen (secondary N) is 2. The van der Waals surface area contributed by atoms with Gasteiger partial charge in [0, 0.05) is 6.04 Å². The summed E-state index contributed by atoms with van der Waals surface area (Å²) in [5.41, 5.74) is 1.22. The van der Waals surface area contributed by atoms with Crippen molar-refractivity contribution in [2.75, 3.05) is 0 Å². The molecule has 0 aliphatic carbocycles. The Morgan fingerprint density at radius 1 is 1.14 bits per heavy atom. The molecule has 0 bridgehead atoms. The van der Waals surface area contributed by atoms with E-state index in [9.17, 15) is 9.59 Å². The minimum Gasteiger partial charge on any atom is -0.480 e. The van der Waals surface area contributed by atoms with Crippen molar-refractivity contribution >= 4 is 12.0 Å². The molecule has 1 aromatic carbocycles. The molecule has 5 nitrogen and oxygen atoms in total. The summed E-state index contributed by atoms with van der Waals surface area (Å²) < 4.78 is 0. The summed E-state index contributed by atoms with van der Waals surface area (Å²) in [4.78, 5) is 22.7. The predicted octanol–water partition coefficient (Wildman–Crippen LogP) is 2.56. The van der Waals surface area contributed by atoms with E-state index in [2.05, 4.69) is 22.8 Å². The number of benzene rings is 1. The van der Waals surface area contributed by atoms with Crippen LogP contribution in [0.15, 0.2) is 30.3 Å². The lowest BCUT2D eigenvalue weighted by molar-refractivity contribution is -0.139. The number of carboxylic acid groups (broad SMARTS) is 1. The van der Waals surface area contributed by atoms with Crippen LogP contribution in [-0.4, -0.2) is 29.2 Å². The fourth-order valence-electron chi connectivity index (χ4n) is 2.07. The highest BCUT2D eigenvalue weighted by molar-refractivity contribution is 5.82. The predicted molar refractivity (Wildman–Crippen MR) is 82.2 cm³/mol. The molecule has 0 fully saturated rings. The van der Waals surface area contributed by atoms with Crippen molar-refractivity contribution in [3.05, 3.63) is 35.9 Å². The maximum Gasteiger partial charge on any atom is 0.326 e. The van der Waals surface area contributed by atoms with Crippen LogP contribution < -0.4 is 10.6 Å². The summed E-state index contributed by atoms with van der Waals surface area (Å²) in [5.74, 6) is -0.996. The molecular formula is C16H24N2O3. The van der Waals surface area contributed by atoms with Gasteiger partial charge in [-0.1, -0.05) is 43.7 Å². The lowest BCUT2D eigenvalue weighted by Gasteiger charge is -2.18. The molecule has 2 atom stereocenters. The second kappa shape index (κ2) is 9.00. The number of carbonyl (C=O) groups excluding carboxylic acids is 1. The van der Waals surface area contributed by atoms with Crippen molar-refractivity contribution in [1.29, 1.82) is 0 Å². The van der Waals surface area contributed by atoms with E-state index < -0.39 is 18.0 Å². The second-order valence-corrected chi connectivity index (χ2v) is 5.22. The van der Waals surface area contributed by atoms with Gasteiger partial charge in [0.05, 0.1) is 0 Å². The second-order valence-electron chi connectivity index (χ2n) is 5.22. The maximum atomic E-state index is 11.8. The first-order chi connectivity index (χ1) is 10.0. The monoisotopic (exact) mass is 292 g/mol. The highest BCUT2D eigenvalue weighted by atomic mass is 16.4. The van der Waals surface area contributed by atoms with Crippen molar-refractivity contribution in [2.24, 2.45) is 0 Å². The Labute approximate surface area is 125 Å². The molecule has 3 N–H and O–H groups in total. The normalized spacial score (nSPS) is 13.2. The summed E-state index contributed by atoms with van der Waals surface area (Å²) in [6, 6.07) is 8.79. The SMILES string of the molecule is CCC[C@H](NC(=O)NC(C)CCc1ccccc1)C(=O)O. The number of hydrogen-bond acceptors (Lipinski definition) is 2. The van der Waals surface area contributed by atoms with Gasteiger partial charge in [-0.05, 0) is 31.7 Å². The van der Waals surface area contributed by atoms with Crippen LogP contribution >= 0.6 is 0 Å². The number of carbonyl (C=O) groups is 2. The Kier molecular flexibility index (Phi) is 7.29.